The van der Waals surface area contributed by atoms with E-state index in [1.165, 1.54) is 0 Å². The van der Waals surface area contributed by atoms with Crippen LogP contribution in [0, 0.1) is 0 Å². The van der Waals surface area contributed by atoms with Crippen LogP contribution in [0.3, 0.4) is 0 Å². The zero-order valence-electron chi connectivity index (χ0n) is 20.7. The number of ether oxygens (including phenoxy) is 4. The van der Waals surface area contributed by atoms with Gasteiger partial charge in [0.2, 0.25) is 0 Å². The van der Waals surface area contributed by atoms with Crippen LogP contribution in [0.4, 0.5) is 0 Å². The fourth-order valence-corrected chi connectivity index (χ4v) is 5.41. The van der Waals surface area contributed by atoms with Gasteiger partial charge < -0.3 is 18.9 Å². The van der Waals surface area contributed by atoms with E-state index in [4.69, 9.17) is 18.9 Å². The van der Waals surface area contributed by atoms with E-state index in [-0.39, 0.29) is 23.7 Å². The summed E-state index contributed by atoms with van der Waals surface area (Å²) in [5.74, 6) is 0. The molecule has 5 heteroatoms. The topological polar surface area (TPSA) is 36.9 Å². The van der Waals surface area contributed by atoms with Gasteiger partial charge in [0.05, 0.1) is 26.4 Å². The Hall–Kier alpha value is -2.93. The van der Waals surface area contributed by atoms with Gasteiger partial charge in [-0.05, 0) is 28.8 Å². The van der Waals surface area contributed by atoms with E-state index in [1.807, 2.05) is 72.8 Å². The SMILES string of the molecule is c1ccc(CO[C@H]2[C@@H](OCc3ccccc3)COC(Sc3ccccc3)[C@@H]2OCc2ccccc2)cc1. The van der Waals surface area contributed by atoms with E-state index < -0.39 is 0 Å². The Bertz CT molecular complexity index is 1170. The van der Waals surface area contributed by atoms with Gasteiger partial charge in [-0.15, -0.1) is 0 Å². The van der Waals surface area contributed by atoms with Gasteiger partial charge in [0.25, 0.3) is 0 Å². The fourth-order valence-electron chi connectivity index (χ4n) is 4.31. The van der Waals surface area contributed by atoms with Crippen molar-refractivity contribution in [1.82, 2.24) is 0 Å². The highest BCUT2D eigenvalue weighted by Crippen LogP contribution is 2.35. The van der Waals surface area contributed by atoms with E-state index in [1.54, 1.807) is 11.8 Å². The lowest BCUT2D eigenvalue weighted by atomic mass is 10.0. The lowest BCUT2D eigenvalue weighted by Crippen LogP contribution is -2.55. The maximum absolute atomic E-state index is 6.60. The van der Waals surface area contributed by atoms with Crippen molar-refractivity contribution in [1.29, 1.82) is 0 Å². The van der Waals surface area contributed by atoms with Gasteiger partial charge in [-0.3, -0.25) is 0 Å². The highest BCUT2D eigenvalue weighted by Gasteiger charge is 2.43. The molecule has 0 bridgehead atoms. The van der Waals surface area contributed by atoms with Crippen molar-refractivity contribution in [2.24, 2.45) is 0 Å². The third kappa shape index (κ3) is 7.54. The normalized spacial score (nSPS) is 21.5. The molecule has 1 heterocycles. The largest absolute Gasteiger partial charge is 0.368 e. The van der Waals surface area contributed by atoms with Crippen molar-refractivity contribution in [3.8, 4) is 0 Å². The summed E-state index contributed by atoms with van der Waals surface area (Å²) in [7, 11) is 0. The quantitative estimate of drug-likeness (QED) is 0.219. The zero-order valence-corrected chi connectivity index (χ0v) is 21.5. The molecule has 0 amide bonds. The van der Waals surface area contributed by atoms with Gasteiger partial charge in [-0.25, -0.2) is 0 Å². The van der Waals surface area contributed by atoms with Gasteiger partial charge >= 0.3 is 0 Å². The van der Waals surface area contributed by atoms with Crippen LogP contribution in [0.2, 0.25) is 0 Å². The monoisotopic (exact) mass is 512 g/mol. The molecule has 1 unspecified atom stereocenters. The molecule has 1 aliphatic heterocycles. The average molecular weight is 513 g/mol. The first-order valence-corrected chi connectivity index (χ1v) is 13.5. The third-order valence-corrected chi connectivity index (χ3v) is 7.44. The molecule has 4 aromatic carbocycles. The molecule has 4 atom stereocenters. The van der Waals surface area contributed by atoms with Gasteiger partial charge in [0.1, 0.15) is 23.7 Å². The molecule has 0 radical (unpaired) electrons. The van der Waals surface area contributed by atoms with Crippen molar-refractivity contribution in [3.05, 3.63) is 138 Å². The molecular weight excluding hydrogens is 480 g/mol. The summed E-state index contributed by atoms with van der Waals surface area (Å²) in [5.41, 5.74) is 3.11. The van der Waals surface area contributed by atoms with Crippen LogP contribution in [0.1, 0.15) is 16.7 Å². The second-order valence-corrected chi connectivity index (χ2v) is 10.2. The second kappa shape index (κ2) is 13.6. The molecule has 37 heavy (non-hydrogen) atoms. The molecule has 0 aliphatic carbocycles. The van der Waals surface area contributed by atoms with Crippen molar-refractivity contribution in [3.63, 3.8) is 0 Å². The van der Waals surface area contributed by atoms with Gasteiger partial charge in [0, 0.05) is 4.90 Å². The van der Waals surface area contributed by atoms with Crippen LogP contribution >= 0.6 is 11.8 Å². The van der Waals surface area contributed by atoms with E-state index in [0.29, 0.717) is 26.4 Å². The minimum atomic E-state index is -0.330. The van der Waals surface area contributed by atoms with Crippen molar-refractivity contribution < 1.29 is 18.9 Å². The highest BCUT2D eigenvalue weighted by molar-refractivity contribution is 7.99. The van der Waals surface area contributed by atoms with Crippen LogP contribution in [0.15, 0.2) is 126 Å². The Labute approximate surface area is 223 Å². The third-order valence-electron chi connectivity index (χ3n) is 6.26. The molecule has 1 fully saturated rings. The van der Waals surface area contributed by atoms with Crippen LogP contribution in [0.25, 0.3) is 0 Å². The molecule has 4 nitrogen and oxygen atoms in total. The molecule has 1 saturated heterocycles. The van der Waals surface area contributed by atoms with Crippen LogP contribution in [-0.2, 0) is 38.8 Å². The lowest BCUT2D eigenvalue weighted by Gasteiger charge is -2.42. The molecular formula is C32H32O4S. The predicted molar refractivity (Wildman–Crippen MR) is 147 cm³/mol. The van der Waals surface area contributed by atoms with Crippen LogP contribution in [-0.4, -0.2) is 30.4 Å². The Kier molecular flexibility index (Phi) is 9.43. The Morgan fingerprint density at radius 3 is 1.49 bits per heavy atom. The smallest absolute Gasteiger partial charge is 0.136 e. The Morgan fingerprint density at radius 2 is 0.973 bits per heavy atom. The summed E-state index contributed by atoms with van der Waals surface area (Å²) in [6.07, 6.45) is -0.899. The lowest BCUT2D eigenvalue weighted by molar-refractivity contribution is -0.220. The number of thioether (sulfide) groups is 1. The first kappa shape index (κ1) is 25.7. The molecule has 5 rings (SSSR count). The highest BCUT2D eigenvalue weighted by atomic mass is 32.2. The summed E-state index contributed by atoms with van der Waals surface area (Å²) in [4.78, 5) is 1.13. The number of rotatable bonds is 11. The Balaban J connectivity index is 1.37. The summed E-state index contributed by atoms with van der Waals surface area (Å²) < 4.78 is 26.0. The summed E-state index contributed by atoms with van der Waals surface area (Å²) >= 11 is 1.67. The number of hydrogen-bond donors (Lipinski definition) is 0. The maximum atomic E-state index is 6.60. The number of benzene rings is 4. The number of hydrogen-bond acceptors (Lipinski definition) is 5. The van der Waals surface area contributed by atoms with Gasteiger partial charge in [0.15, 0.2) is 0 Å². The van der Waals surface area contributed by atoms with Crippen LogP contribution < -0.4 is 0 Å². The predicted octanol–water partition coefficient (Wildman–Crippen LogP) is 6.89. The van der Waals surface area contributed by atoms with Crippen molar-refractivity contribution in [2.45, 2.75) is 48.5 Å². The molecule has 0 N–H and O–H groups in total. The summed E-state index contributed by atoms with van der Waals surface area (Å²) in [5, 5.41) is 0. The van der Waals surface area contributed by atoms with Crippen LogP contribution in [0.5, 0.6) is 0 Å². The van der Waals surface area contributed by atoms with E-state index in [2.05, 4.69) is 48.5 Å². The molecule has 0 saturated carbocycles. The average Bonchev–Trinajstić information content (AvgIpc) is 2.97. The molecule has 190 valence electrons. The molecule has 1 aliphatic rings. The minimum Gasteiger partial charge on any atom is -0.368 e. The minimum absolute atomic E-state index is 0.233. The van der Waals surface area contributed by atoms with Gasteiger partial charge in [-0.2, -0.15) is 0 Å². The van der Waals surface area contributed by atoms with E-state index in [0.717, 1.165) is 21.6 Å². The second-order valence-electron chi connectivity index (χ2n) is 8.99. The van der Waals surface area contributed by atoms with Gasteiger partial charge in [-0.1, -0.05) is 121 Å². The van der Waals surface area contributed by atoms with E-state index in [9.17, 15) is 0 Å². The molecule has 0 aromatic heterocycles. The van der Waals surface area contributed by atoms with Crippen molar-refractivity contribution in [2.75, 3.05) is 6.61 Å². The van der Waals surface area contributed by atoms with Crippen molar-refractivity contribution >= 4 is 11.8 Å². The maximum Gasteiger partial charge on any atom is 0.136 e. The molecule has 4 aromatic rings. The first-order valence-electron chi connectivity index (χ1n) is 12.6. The first-order chi connectivity index (χ1) is 18.3. The zero-order chi connectivity index (χ0) is 25.1. The summed E-state index contributed by atoms with van der Waals surface area (Å²) in [6.45, 7) is 1.87. The summed E-state index contributed by atoms with van der Waals surface area (Å²) in [6, 6.07) is 41.0. The Morgan fingerprint density at radius 1 is 0.541 bits per heavy atom. The standard InChI is InChI=1S/C32H32O4S/c1-5-13-25(14-6-1)21-33-29-24-36-32(37-28-19-11-4-12-20-28)31(35-23-27-17-9-3-10-18-27)30(29)34-22-26-15-7-2-8-16-26/h1-20,29-32H,21-24H2/t29-,30-,31+,32?/m0/s1. The fraction of sp³-hybridized carbons (Fsp3) is 0.250. The van der Waals surface area contributed by atoms with E-state index >= 15 is 0 Å². The molecule has 0 spiro atoms.